The second kappa shape index (κ2) is 7.50. The summed E-state index contributed by atoms with van der Waals surface area (Å²) >= 11 is 0. The fourth-order valence-corrected chi connectivity index (χ4v) is 4.31. The molecule has 2 N–H and O–H groups in total. The highest BCUT2D eigenvalue weighted by molar-refractivity contribution is 7.92. The van der Waals surface area contributed by atoms with Crippen molar-refractivity contribution in [2.24, 2.45) is 5.92 Å². The molecule has 0 saturated heterocycles. The zero-order chi connectivity index (χ0) is 19.5. The predicted molar refractivity (Wildman–Crippen MR) is 102 cm³/mol. The Morgan fingerprint density at radius 1 is 1.04 bits per heavy atom. The van der Waals surface area contributed by atoms with E-state index in [-0.39, 0.29) is 5.75 Å². The summed E-state index contributed by atoms with van der Waals surface area (Å²) in [7, 11) is -3.77. The molecule has 26 heavy (non-hydrogen) atoms. The second-order valence-corrected chi connectivity index (χ2v) is 9.13. The number of carboxylic acid groups (broad SMARTS) is 1. The Balaban J connectivity index is 2.28. The lowest BCUT2D eigenvalue weighted by atomic mass is 9.85. The van der Waals surface area contributed by atoms with Gasteiger partial charge in [0.25, 0.3) is 0 Å². The van der Waals surface area contributed by atoms with E-state index in [1.807, 2.05) is 43.3 Å². The SMILES string of the molecule is CCC(Cc1ccc(-c2ccc(O)cc2)cc1)[C@](C)(C(=O)O)S(C)(=O)=O. The van der Waals surface area contributed by atoms with Crippen LogP contribution in [0.2, 0.25) is 0 Å². The first-order valence-corrected chi connectivity index (χ1v) is 10.3. The van der Waals surface area contributed by atoms with Gasteiger partial charge in [-0.1, -0.05) is 49.7 Å². The van der Waals surface area contributed by atoms with Gasteiger partial charge in [0.2, 0.25) is 0 Å². The maximum absolute atomic E-state index is 12.2. The van der Waals surface area contributed by atoms with Crippen molar-refractivity contribution < 1.29 is 23.4 Å². The Morgan fingerprint density at radius 3 is 1.88 bits per heavy atom. The van der Waals surface area contributed by atoms with E-state index in [9.17, 15) is 23.4 Å². The van der Waals surface area contributed by atoms with Crippen LogP contribution in [-0.4, -0.2) is 35.6 Å². The van der Waals surface area contributed by atoms with Crippen LogP contribution in [0.5, 0.6) is 5.75 Å². The zero-order valence-electron chi connectivity index (χ0n) is 15.1. The number of hydrogen-bond acceptors (Lipinski definition) is 4. The van der Waals surface area contributed by atoms with Crippen molar-refractivity contribution in [2.45, 2.75) is 31.4 Å². The molecule has 0 aromatic heterocycles. The van der Waals surface area contributed by atoms with E-state index in [0.29, 0.717) is 12.8 Å². The van der Waals surface area contributed by atoms with Crippen LogP contribution in [0.15, 0.2) is 48.5 Å². The maximum Gasteiger partial charge on any atom is 0.325 e. The van der Waals surface area contributed by atoms with Gasteiger partial charge < -0.3 is 10.2 Å². The lowest BCUT2D eigenvalue weighted by Crippen LogP contribution is -2.50. The number of phenolic OH excluding ortho intramolecular Hbond substituents is 1. The third-order valence-electron chi connectivity index (χ3n) is 5.10. The van der Waals surface area contributed by atoms with Crippen LogP contribution >= 0.6 is 0 Å². The summed E-state index contributed by atoms with van der Waals surface area (Å²) in [5.74, 6) is -1.65. The van der Waals surface area contributed by atoms with Crippen molar-refractivity contribution in [1.29, 1.82) is 0 Å². The molecular weight excluding hydrogens is 352 g/mol. The van der Waals surface area contributed by atoms with Crippen molar-refractivity contribution in [3.8, 4) is 16.9 Å². The molecule has 0 fully saturated rings. The smallest absolute Gasteiger partial charge is 0.325 e. The third kappa shape index (κ3) is 3.90. The molecule has 0 aliphatic carbocycles. The Hall–Kier alpha value is -2.34. The highest BCUT2D eigenvalue weighted by Crippen LogP contribution is 2.33. The molecule has 0 heterocycles. The number of hydrogen-bond donors (Lipinski definition) is 2. The fourth-order valence-electron chi connectivity index (χ4n) is 3.14. The van der Waals surface area contributed by atoms with Crippen molar-refractivity contribution in [3.63, 3.8) is 0 Å². The van der Waals surface area contributed by atoms with Crippen molar-refractivity contribution in [3.05, 3.63) is 54.1 Å². The number of sulfone groups is 1. The van der Waals surface area contributed by atoms with Gasteiger partial charge in [0, 0.05) is 6.26 Å². The molecule has 0 spiro atoms. The van der Waals surface area contributed by atoms with Crippen LogP contribution in [-0.2, 0) is 21.1 Å². The molecule has 0 bridgehead atoms. The van der Waals surface area contributed by atoms with Gasteiger partial charge in [0.15, 0.2) is 14.6 Å². The molecule has 6 heteroatoms. The Labute approximate surface area is 154 Å². The Kier molecular flexibility index (Phi) is 5.76. The fraction of sp³-hybridized carbons (Fsp3) is 0.350. The Bertz CT molecular complexity index is 869. The van der Waals surface area contributed by atoms with Crippen LogP contribution in [0.4, 0.5) is 0 Å². The number of carbonyl (C=O) groups is 1. The predicted octanol–water partition coefficient (Wildman–Crippen LogP) is 3.52. The maximum atomic E-state index is 12.2. The van der Waals surface area contributed by atoms with E-state index < -0.39 is 26.5 Å². The van der Waals surface area contributed by atoms with Crippen molar-refractivity contribution >= 4 is 15.8 Å². The molecule has 0 aliphatic heterocycles. The first kappa shape index (κ1) is 20.0. The molecule has 1 unspecified atom stereocenters. The van der Waals surface area contributed by atoms with Gasteiger partial charge >= 0.3 is 5.97 Å². The van der Waals surface area contributed by atoms with Gasteiger partial charge in [0.05, 0.1) is 0 Å². The lowest BCUT2D eigenvalue weighted by molar-refractivity contribution is -0.141. The van der Waals surface area contributed by atoms with E-state index in [2.05, 4.69) is 0 Å². The minimum atomic E-state index is -3.77. The second-order valence-electron chi connectivity index (χ2n) is 6.74. The van der Waals surface area contributed by atoms with Gasteiger partial charge in [-0.3, -0.25) is 4.79 Å². The molecule has 0 saturated carbocycles. The van der Waals surface area contributed by atoms with Gasteiger partial charge in [-0.05, 0) is 48.1 Å². The third-order valence-corrected chi connectivity index (χ3v) is 7.15. The molecular formula is C20H24O5S. The summed E-state index contributed by atoms with van der Waals surface area (Å²) in [6, 6.07) is 14.4. The largest absolute Gasteiger partial charge is 0.508 e. The zero-order valence-corrected chi connectivity index (χ0v) is 16.0. The average Bonchev–Trinajstić information content (AvgIpc) is 2.59. The molecule has 5 nitrogen and oxygen atoms in total. The van der Waals surface area contributed by atoms with Gasteiger partial charge in [-0.2, -0.15) is 0 Å². The van der Waals surface area contributed by atoms with Crippen LogP contribution in [0.25, 0.3) is 11.1 Å². The first-order valence-electron chi connectivity index (χ1n) is 8.41. The molecule has 0 amide bonds. The van der Waals surface area contributed by atoms with Gasteiger partial charge in [0.1, 0.15) is 5.75 Å². The Morgan fingerprint density at radius 2 is 1.50 bits per heavy atom. The molecule has 0 aliphatic rings. The van der Waals surface area contributed by atoms with E-state index in [0.717, 1.165) is 22.9 Å². The minimum absolute atomic E-state index is 0.199. The van der Waals surface area contributed by atoms with E-state index in [4.69, 9.17) is 0 Å². The van der Waals surface area contributed by atoms with Gasteiger partial charge in [-0.15, -0.1) is 0 Å². The highest BCUT2D eigenvalue weighted by atomic mass is 32.2. The van der Waals surface area contributed by atoms with E-state index in [1.165, 1.54) is 6.92 Å². The first-order chi connectivity index (χ1) is 12.1. The summed E-state index contributed by atoms with van der Waals surface area (Å²) in [4.78, 5) is 11.7. The standard InChI is InChI=1S/C20H24O5S/c1-4-17(20(2,19(22)23)26(3,24)25)13-14-5-7-15(8-6-14)16-9-11-18(21)12-10-16/h5-12,17,21H,4,13H2,1-3H3,(H,22,23)/t17?,20-/m1/s1. The number of carboxylic acids is 1. The average molecular weight is 376 g/mol. The summed E-state index contributed by atoms with van der Waals surface area (Å²) in [5, 5.41) is 18.9. The quantitative estimate of drug-likeness (QED) is 0.771. The van der Waals surface area contributed by atoms with Crippen molar-refractivity contribution in [1.82, 2.24) is 0 Å². The summed E-state index contributed by atoms with van der Waals surface area (Å²) < 4.78 is 22.5. The molecule has 0 radical (unpaired) electrons. The van der Waals surface area contributed by atoms with E-state index >= 15 is 0 Å². The minimum Gasteiger partial charge on any atom is -0.508 e. The molecule has 140 valence electrons. The summed E-state index contributed by atoms with van der Waals surface area (Å²) in [6.45, 7) is 3.10. The lowest BCUT2D eigenvalue weighted by Gasteiger charge is -2.31. The monoisotopic (exact) mass is 376 g/mol. The van der Waals surface area contributed by atoms with Crippen LogP contribution < -0.4 is 0 Å². The van der Waals surface area contributed by atoms with E-state index in [1.54, 1.807) is 12.1 Å². The molecule has 2 aromatic rings. The number of phenols is 1. The molecule has 2 aromatic carbocycles. The van der Waals surface area contributed by atoms with Crippen LogP contribution in [0.1, 0.15) is 25.8 Å². The normalized spacial score (nSPS) is 15.2. The van der Waals surface area contributed by atoms with Crippen molar-refractivity contribution in [2.75, 3.05) is 6.26 Å². The summed E-state index contributed by atoms with van der Waals surface area (Å²) in [6.07, 6.45) is 1.79. The summed E-state index contributed by atoms with van der Waals surface area (Å²) in [5.41, 5.74) is 2.80. The molecule has 2 rings (SSSR count). The molecule has 2 atom stereocenters. The van der Waals surface area contributed by atoms with Gasteiger partial charge in [-0.25, -0.2) is 8.42 Å². The number of aliphatic carboxylic acids is 1. The number of aromatic hydroxyl groups is 1. The highest BCUT2D eigenvalue weighted by Gasteiger charge is 2.49. The number of benzene rings is 2. The topological polar surface area (TPSA) is 91.7 Å². The number of rotatable bonds is 7. The van der Waals surface area contributed by atoms with Crippen LogP contribution in [0.3, 0.4) is 0 Å². The van der Waals surface area contributed by atoms with Crippen LogP contribution in [0, 0.1) is 5.92 Å².